The van der Waals surface area contributed by atoms with Gasteiger partial charge in [-0.15, -0.1) is 10.2 Å². The van der Waals surface area contributed by atoms with Gasteiger partial charge in [0.05, 0.1) is 57.1 Å². The van der Waals surface area contributed by atoms with Crippen LogP contribution < -0.4 is 16.1 Å². The highest BCUT2D eigenvalue weighted by atomic mass is 32.2. The molecular formula is C35H34N12O9S2. The molecule has 0 spiro atoms. The van der Waals surface area contributed by atoms with Crippen LogP contribution in [0.25, 0.3) is 0 Å². The Morgan fingerprint density at radius 1 is 0.638 bits per heavy atom. The van der Waals surface area contributed by atoms with E-state index in [0.717, 1.165) is 12.1 Å². The Bertz CT molecular complexity index is 2660. The number of aromatic amines is 2. The summed E-state index contributed by atoms with van der Waals surface area (Å²) in [5.41, 5.74) is 2.08. The van der Waals surface area contributed by atoms with Gasteiger partial charge in [-0.2, -0.15) is 32.0 Å². The van der Waals surface area contributed by atoms with Crippen LogP contribution in [0, 0.1) is 0 Å². The van der Waals surface area contributed by atoms with Gasteiger partial charge >= 0.3 is 0 Å². The molecule has 1 aliphatic rings. The molecule has 0 bridgehead atoms. The van der Waals surface area contributed by atoms with Crippen molar-refractivity contribution in [2.75, 3.05) is 31.2 Å². The van der Waals surface area contributed by atoms with Crippen molar-refractivity contribution in [2.24, 2.45) is 40.4 Å². The van der Waals surface area contributed by atoms with Gasteiger partial charge < -0.3 is 19.8 Å². The Hall–Kier alpha value is -6.79. The summed E-state index contributed by atoms with van der Waals surface area (Å²) in [5.74, 6) is -0.141. The average Bonchev–Trinajstić information content (AvgIpc) is 3.17. The molecule has 2 heterocycles. The van der Waals surface area contributed by atoms with Crippen molar-refractivity contribution in [3.63, 3.8) is 0 Å². The second kappa shape index (κ2) is 17.6. The van der Waals surface area contributed by atoms with E-state index in [9.17, 15) is 36.2 Å². The van der Waals surface area contributed by atoms with E-state index in [0.29, 0.717) is 43.6 Å². The number of aromatic nitrogens is 3. The zero-order valence-electron chi connectivity index (χ0n) is 30.5. The van der Waals surface area contributed by atoms with Crippen LogP contribution in [0.1, 0.15) is 13.8 Å². The van der Waals surface area contributed by atoms with E-state index in [1.807, 2.05) is 4.90 Å². The lowest BCUT2D eigenvalue weighted by Crippen LogP contribution is -2.40. The van der Waals surface area contributed by atoms with Crippen LogP contribution in [0.5, 0.6) is 0 Å². The molecule has 4 aromatic carbocycles. The highest BCUT2D eigenvalue weighted by Gasteiger charge is 2.15. The number of rotatable bonds is 11. The van der Waals surface area contributed by atoms with Crippen molar-refractivity contribution >= 4 is 83.5 Å². The minimum Gasteiger partial charge on any atom is -0.497 e. The number of ether oxygens (including phenoxy) is 1. The highest BCUT2D eigenvalue weighted by molar-refractivity contribution is 7.86. The summed E-state index contributed by atoms with van der Waals surface area (Å²) < 4.78 is 70.5. The van der Waals surface area contributed by atoms with Crippen LogP contribution in [-0.2, 0) is 25.0 Å². The zero-order valence-corrected chi connectivity index (χ0v) is 32.2. The summed E-state index contributed by atoms with van der Waals surface area (Å²) in [5, 5.41) is 36.5. The fraction of sp³-hybridized carbons (Fsp3) is 0.171. The molecule has 0 radical (unpaired) electrons. The summed E-state index contributed by atoms with van der Waals surface area (Å²) in [6, 6.07) is 19.8. The number of anilines is 1. The fourth-order valence-electron chi connectivity index (χ4n) is 5.18. The van der Waals surface area contributed by atoms with Crippen molar-refractivity contribution in [1.82, 2.24) is 15.0 Å². The third kappa shape index (κ3) is 11.2. The van der Waals surface area contributed by atoms with E-state index in [-0.39, 0.29) is 66.9 Å². The number of hydrogen-bond donors (Lipinski definition) is 6. The van der Waals surface area contributed by atoms with Crippen LogP contribution in [0.15, 0.2) is 135 Å². The predicted octanol–water partition coefficient (Wildman–Crippen LogP) is 6.58. The van der Waals surface area contributed by atoms with Crippen LogP contribution in [0.4, 0.5) is 51.4 Å². The second-order valence-electron chi connectivity index (χ2n) is 12.2. The van der Waals surface area contributed by atoms with Crippen LogP contribution in [0.3, 0.4) is 0 Å². The van der Waals surface area contributed by atoms with Crippen molar-refractivity contribution in [3.05, 3.63) is 96.2 Å². The molecule has 1 fully saturated rings. The summed E-state index contributed by atoms with van der Waals surface area (Å²) >= 11 is 0. The monoisotopic (exact) mass is 830 g/mol. The van der Waals surface area contributed by atoms with Crippen molar-refractivity contribution < 1.29 is 40.9 Å². The summed E-state index contributed by atoms with van der Waals surface area (Å²) in [7, 11) is -8.92. The van der Waals surface area contributed by atoms with E-state index in [4.69, 9.17) is 4.74 Å². The predicted molar refractivity (Wildman–Crippen MR) is 211 cm³/mol. The number of benzene rings is 4. The number of aliphatic hydroxyl groups excluding tert-OH is 2. The topological polar surface area (TPSA) is 305 Å². The van der Waals surface area contributed by atoms with Gasteiger partial charge in [0, 0.05) is 26.9 Å². The van der Waals surface area contributed by atoms with E-state index in [2.05, 4.69) is 55.4 Å². The van der Waals surface area contributed by atoms with Gasteiger partial charge in [-0.25, -0.2) is 20.0 Å². The summed E-state index contributed by atoms with van der Waals surface area (Å²) in [6.45, 7) is 4.70. The molecule has 21 nitrogen and oxygen atoms in total. The summed E-state index contributed by atoms with van der Waals surface area (Å²) in [4.78, 5) is 29.7. The molecule has 58 heavy (non-hydrogen) atoms. The van der Waals surface area contributed by atoms with Gasteiger partial charge in [-0.05, 0) is 72.8 Å². The SMILES string of the molecule is CC(O)=Nc1cc(N=c2nc(N3CCOCC3)[nH]c(=Nc3ccc(N=Nc4cccc(S(=O)(=O)O)c4)c(N=C(C)O)c3)[nH]2)ccc1N=Nc1cccc(S(=O)(=O)O)c1. The Morgan fingerprint density at radius 3 is 1.62 bits per heavy atom. The Labute approximate surface area is 329 Å². The molecule has 6 rings (SSSR count). The lowest BCUT2D eigenvalue weighted by molar-refractivity contribution is 0.122. The Balaban J connectivity index is 1.39. The maximum Gasteiger partial charge on any atom is 0.294 e. The quantitative estimate of drug-likeness (QED) is 0.0357. The average molecular weight is 831 g/mol. The number of nitrogens with zero attached hydrogens (tertiary/aromatic N) is 10. The third-order valence-corrected chi connectivity index (χ3v) is 9.42. The van der Waals surface area contributed by atoms with Gasteiger partial charge in [0.25, 0.3) is 20.2 Å². The molecule has 0 unspecified atom stereocenters. The van der Waals surface area contributed by atoms with Gasteiger partial charge in [0.15, 0.2) is 11.8 Å². The van der Waals surface area contributed by atoms with Gasteiger partial charge in [0.1, 0.15) is 11.4 Å². The number of nitrogens with one attached hydrogen (secondary N) is 2. The number of H-pyrrole nitrogens is 2. The summed E-state index contributed by atoms with van der Waals surface area (Å²) in [6.07, 6.45) is 0. The molecule has 0 amide bonds. The molecule has 300 valence electrons. The molecule has 1 saturated heterocycles. The first-order valence-electron chi connectivity index (χ1n) is 17.0. The standard InChI is InChI=1S/C35H34N12O9S2/c1-21(48)36-31-19-23(9-11-29(31)45-43-25-5-3-7-27(17-25)57(50,51)52)38-33-40-34(42-35(41-33)47-13-15-56-16-14-47)39-24-10-12-30(32(20-24)37-22(2)49)46-44-26-6-4-8-28(18-26)58(53,54)55/h3-12,17-20H,13-16H2,1-2H3,(H,36,48)(H,37,49)(H,50,51,52)(H,53,54,55)(H2,38,39,40,41,42). The molecule has 23 heteroatoms. The highest BCUT2D eigenvalue weighted by Crippen LogP contribution is 2.35. The van der Waals surface area contributed by atoms with E-state index in [1.54, 1.807) is 18.2 Å². The van der Waals surface area contributed by atoms with Crippen LogP contribution in [-0.4, -0.2) is 89.2 Å². The third-order valence-electron chi connectivity index (χ3n) is 7.72. The second-order valence-corrected chi connectivity index (χ2v) is 15.0. The van der Waals surface area contributed by atoms with E-state index < -0.39 is 20.2 Å². The first-order valence-corrected chi connectivity index (χ1v) is 19.9. The maximum atomic E-state index is 11.6. The van der Waals surface area contributed by atoms with Crippen LogP contribution >= 0.6 is 0 Å². The van der Waals surface area contributed by atoms with Crippen LogP contribution in [0.2, 0.25) is 0 Å². The van der Waals surface area contributed by atoms with Crippen molar-refractivity contribution in [3.8, 4) is 0 Å². The molecule has 0 aliphatic carbocycles. The molecule has 5 aromatic rings. The molecule has 1 aromatic heterocycles. The molecule has 0 saturated carbocycles. The van der Waals surface area contributed by atoms with Gasteiger partial charge in [-0.3, -0.25) is 19.1 Å². The van der Waals surface area contributed by atoms with Gasteiger partial charge in [0.2, 0.25) is 17.2 Å². The normalized spacial score (nSPS) is 15.2. The number of aliphatic imine (C=N–C) groups is 2. The molecule has 0 atom stereocenters. The number of azo groups is 2. The smallest absolute Gasteiger partial charge is 0.294 e. The Kier molecular flexibility index (Phi) is 12.4. The molecular weight excluding hydrogens is 797 g/mol. The largest absolute Gasteiger partial charge is 0.497 e. The minimum atomic E-state index is -4.46. The number of hydrogen-bond acceptors (Lipinski definition) is 15. The van der Waals surface area contributed by atoms with E-state index in [1.165, 1.54) is 68.4 Å². The molecule has 6 N–H and O–H groups in total. The first-order chi connectivity index (χ1) is 27.6. The minimum absolute atomic E-state index is 0.119. The first kappa shape index (κ1) is 40.9. The van der Waals surface area contributed by atoms with Gasteiger partial charge in [-0.1, -0.05) is 12.1 Å². The number of aliphatic hydroxyl groups is 2. The fourth-order valence-corrected chi connectivity index (χ4v) is 6.22. The Morgan fingerprint density at radius 2 is 1.14 bits per heavy atom. The maximum absolute atomic E-state index is 11.6. The van der Waals surface area contributed by atoms with E-state index >= 15 is 0 Å². The molecule has 1 aliphatic heterocycles. The number of morpholine rings is 1. The lowest BCUT2D eigenvalue weighted by atomic mass is 10.2. The zero-order chi connectivity index (χ0) is 41.5. The lowest BCUT2D eigenvalue weighted by Gasteiger charge is -2.26. The van der Waals surface area contributed by atoms with Crippen molar-refractivity contribution in [1.29, 1.82) is 0 Å². The van der Waals surface area contributed by atoms with Crippen molar-refractivity contribution in [2.45, 2.75) is 23.6 Å².